The number of unbranched alkanes of at least 4 members (excludes halogenated alkanes) is 2. The molecule has 2 atom stereocenters. The molecule has 3 N–H and O–H groups in total. The van der Waals surface area contributed by atoms with Crippen LogP contribution in [0.4, 0.5) is 0 Å². The number of nitrogens with one attached hydrogen (secondary N) is 2. The van der Waals surface area contributed by atoms with Crippen molar-refractivity contribution in [1.29, 1.82) is 0 Å². The van der Waals surface area contributed by atoms with E-state index in [0.717, 1.165) is 19.3 Å². The van der Waals surface area contributed by atoms with Gasteiger partial charge < -0.3 is 25.0 Å². The summed E-state index contributed by atoms with van der Waals surface area (Å²) in [6.45, 7) is 7.98. The van der Waals surface area contributed by atoms with Crippen molar-refractivity contribution in [3.05, 3.63) is 29.6 Å². The van der Waals surface area contributed by atoms with Gasteiger partial charge in [0.1, 0.15) is 11.8 Å². The normalized spacial score (nSPS) is 12.7. The Morgan fingerprint density at radius 2 is 1.88 bits per heavy atom. The largest absolute Gasteiger partial charge is 0.496 e. The molecule has 0 radical (unpaired) electrons. The van der Waals surface area contributed by atoms with Crippen LogP contribution in [-0.4, -0.2) is 83.0 Å². The number of carbonyl (C=O) groups excluding carboxylic acids is 3. The van der Waals surface area contributed by atoms with Gasteiger partial charge in [0.05, 0.1) is 32.5 Å². The SMILES string of the molecule is CCCCCN(C)CC(=O)[C@H](CC(=O)O)NC(=O)[C@@H](NC(=O)Cc1cc(-c2nc(C)no2)ccc1OC)C(C)C. The lowest BCUT2D eigenvalue weighted by molar-refractivity contribution is -0.141. The van der Waals surface area contributed by atoms with Crippen molar-refractivity contribution in [2.24, 2.45) is 5.92 Å². The first-order valence-corrected chi connectivity index (χ1v) is 13.5. The predicted octanol–water partition coefficient (Wildman–Crippen LogP) is 2.39. The molecule has 2 rings (SSSR count). The lowest BCUT2D eigenvalue weighted by Gasteiger charge is -2.26. The molecule has 0 aliphatic rings. The Balaban J connectivity index is 2.12. The molecule has 0 bridgehead atoms. The van der Waals surface area contributed by atoms with E-state index < -0.39 is 42.1 Å². The van der Waals surface area contributed by atoms with E-state index in [2.05, 4.69) is 27.7 Å². The number of carboxylic acids is 1. The molecule has 0 spiro atoms. The van der Waals surface area contributed by atoms with Crippen LogP contribution in [0.2, 0.25) is 0 Å². The molecule has 2 aromatic rings. The number of hydrogen-bond acceptors (Lipinski definition) is 9. The standard InChI is InChI=1S/C28H41N5O7/c1-7-8-9-12-33(5)16-22(34)21(15-25(36)37)30-27(38)26(17(2)3)31-24(35)14-20-13-19(10-11-23(20)39-6)28-29-18(4)32-40-28/h10-11,13,17,21,26H,7-9,12,14-16H2,1-6H3,(H,30,38)(H,31,35)(H,36,37)/t21-,26-/m0/s1. The number of aromatic nitrogens is 2. The number of nitrogens with zero attached hydrogens (tertiary/aromatic N) is 3. The quantitative estimate of drug-likeness (QED) is 0.245. The number of benzene rings is 1. The molecule has 12 nitrogen and oxygen atoms in total. The van der Waals surface area contributed by atoms with Gasteiger partial charge in [0.25, 0.3) is 5.89 Å². The molecule has 1 aromatic heterocycles. The first kappa shape index (κ1) is 32.4. The van der Waals surface area contributed by atoms with Crippen LogP contribution in [0, 0.1) is 12.8 Å². The molecule has 40 heavy (non-hydrogen) atoms. The fourth-order valence-electron chi connectivity index (χ4n) is 4.16. The average molecular weight is 560 g/mol. The minimum Gasteiger partial charge on any atom is -0.496 e. The summed E-state index contributed by atoms with van der Waals surface area (Å²) in [6.07, 6.45) is 2.32. The molecular formula is C28H41N5O7. The number of aliphatic carboxylic acids is 1. The molecule has 1 aromatic carbocycles. The lowest BCUT2D eigenvalue weighted by atomic mass is 10.0. The highest BCUT2D eigenvalue weighted by molar-refractivity contribution is 5.95. The maximum absolute atomic E-state index is 13.2. The van der Waals surface area contributed by atoms with Gasteiger partial charge in [-0.15, -0.1) is 0 Å². The molecule has 0 fully saturated rings. The predicted molar refractivity (Wildman–Crippen MR) is 148 cm³/mol. The maximum atomic E-state index is 13.2. The second-order valence-corrected chi connectivity index (χ2v) is 10.2. The summed E-state index contributed by atoms with van der Waals surface area (Å²) >= 11 is 0. The van der Waals surface area contributed by atoms with E-state index in [1.54, 1.807) is 46.0 Å². The van der Waals surface area contributed by atoms with E-state index in [1.807, 2.05) is 4.90 Å². The molecule has 0 saturated heterocycles. The van der Waals surface area contributed by atoms with Crippen LogP contribution in [0.1, 0.15) is 57.8 Å². The minimum atomic E-state index is -1.22. The summed E-state index contributed by atoms with van der Waals surface area (Å²) < 4.78 is 10.6. The zero-order chi connectivity index (χ0) is 29.8. The topological polar surface area (TPSA) is 164 Å². The Morgan fingerprint density at radius 3 is 2.45 bits per heavy atom. The number of Topliss-reactive ketones (excluding diaryl/α,β-unsaturated/α-hetero) is 1. The summed E-state index contributed by atoms with van der Waals surface area (Å²) in [7, 11) is 3.27. The lowest BCUT2D eigenvalue weighted by Crippen LogP contribution is -2.55. The fraction of sp³-hybridized carbons (Fsp3) is 0.571. The number of methoxy groups -OCH3 is 1. The second kappa shape index (κ2) is 15.7. The Morgan fingerprint density at radius 1 is 1.15 bits per heavy atom. The molecule has 2 amide bonds. The molecule has 0 unspecified atom stereocenters. The second-order valence-electron chi connectivity index (χ2n) is 10.2. The number of likely N-dealkylation sites (N-methyl/N-ethyl adjacent to an activating group) is 1. The van der Waals surface area contributed by atoms with E-state index in [1.165, 1.54) is 7.11 Å². The van der Waals surface area contributed by atoms with Crippen molar-refractivity contribution in [3.8, 4) is 17.2 Å². The zero-order valence-electron chi connectivity index (χ0n) is 24.2. The Bertz CT molecular complexity index is 1160. The number of ether oxygens (including phenoxy) is 1. The van der Waals surface area contributed by atoms with Gasteiger partial charge in [-0.2, -0.15) is 4.98 Å². The zero-order valence-corrected chi connectivity index (χ0v) is 24.2. The number of hydrogen-bond donors (Lipinski definition) is 3. The van der Waals surface area contributed by atoms with Crippen LogP contribution in [-0.2, 0) is 25.6 Å². The van der Waals surface area contributed by atoms with Crippen molar-refractivity contribution >= 4 is 23.6 Å². The third kappa shape index (κ3) is 10.1. The number of aryl methyl sites for hydroxylation is 1. The number of amides is 2. The van der Waals surface area contributed by atoms with Crippen LogP contribution >= 0.6 is 0 Å². The van der Waals surface area contributed by atoms with Gasteiger partial charge in [0, 0.05) is 11.1 Å². The number of rotatable bonds is 17. The Labute approximate surface area is 234 Å². The summed E-state index contributed by atoms with van der Waals surface area (Å²) in [5.41, 5.74) is 1.15. The van der Waals surface area contributed by atoms with E-state index in [0.29, 0.717) is 35.1 Å². The maximum Gasteiger partial charge on any atom is 0.305 e. The summed E-state index contributed by atoms with van der Waals surface area (Å²) in [5, 5.41) is 18.4. The van der Waals surface area contributed by atoms with Gasteiger partial charge in [-0.05, 0) is 51.1 Å². The molecule has 0 aliphatic heterocycles. The molecular weight excluding hydrogens is 518 g/mol. The Hall–Kier alpha value is -3.80. The smallest absolute Gasteiger partial charge is 0.305 e. The van der Waals surface area contributed by atoms with Gasteiger partial charge in [-0.3, -0.25) is 24.1 Å². The van der Waals surface area contributed by atoms with Gasteiger partial charge in [-0.1, -0.05) is 38.8 Å². The molecule has 0 aliphatic carbocycles. The third-order valence-corrected chi connectivity index (χ3v) is 6.32. The van der Waals surface area contributed by atoms with Gasteiger partial charge in [0.15, 0.2) is 11.6 Å². The van der Waals surface area contributed by atoms with Crippen LogP contribution in [0.25, 0.3) is 11.5 Å². The third-order valence-electron chi connectivity index (χ3n) is 6.32. The van der Waals surface area contributed by atoms with E-state index in [4.69, 9.17) is 9.26 Å². The first-order valence-electron chi connectivity index (χ1n) is 13.5. The van der Waals surface area contributed by atoms with E-state index >= 15 is 0 Å². The average Bonchev–Trinajstić information content (AvgIpc) is 3.32. The van der Waals surface area contributed by atoms with Crippen molar-refractivity contribution in [3.63, 3.8) is 0 Å². The van der Waals surface area contributed by atoms with Crippen molar-refractivity contribution in [1.82, 2.24) is 25.7 Å². The van der Waals surface area contributed by atoms with Crippen LogP contribution in [0.5, 0.6) is 5.75 Å². The summed E-state index contributed by atoms with van der Waals surface area (Å²) in [6, 6.07) is 2.91. The number of carbonyl (C=O) groups is 4. The van der Waals surface area contributed by atoms with Crippen LogP contribution in [0.15, 0.2) is 22.7 Å². The van der Waals surface area contributed by atoms with Gasteiger partial charge in [0.2, 0.25) is 11.8 Å². The first-order chi connectivity index (χ1) is 18.9. The number of carboxylic acid groups (broad SMARTS) is 1. The number of ketones is 1. The summed E-state index contributed by atoms with van der Waals surface area (Å²) in [4.78, 5) is 56.6. The van der Waals surface area contributed by atoms with Crippen molar-refractivity contribution in [2.75, 3.05) is 27.2 Å². The van der Waals surface area contributed by atoms with Crippen LogP contribution in [0.3, 0.4) is 0 Å². The van der Waals surface area contributed by atoms with Crippen molar-refractivity contribution in [2.45, 2.75) is 71.9 Å². The van der Waals surface area contributed by atoms with E-state index in [-0.39, 0.29) is 18.9 Å². The van der Waals surface area contributed by atoms with E-state index in [9.17, 15) is 24.3 Å². The highest BCUT2D eigenvalue weighted by Gasteiger charge is 2.30. The van der Waals surface area contributed by atoms with Gasteiger partial charge >= 0.3 is 5.97 Å². The summed E-state index contributed by atoms with van der Waals surface area (Å²) in [5.74, 6) is -1.79. The highest BCUT2D eigenvalue weighted by Crippen LogP contribution is 2.26. The molecule has 12 heteroatoms. The molecule has 0 saturated carbocycles. The fourth-order valence-corrected chi connectivity index (χ4v) is 4.16. The Kier molecular flexibility index (Phi) is 12.7. The minimum absolute atomic E-state index is 0.0103. The monoisotopic (exact) mass is 559 g/mol. The van der Waals surface area contributed by atoms with Crippen LogP contribution < -0.4 is 15.4 Å². The highest BCUT2D eigenvalue weighted by atomic mass is 16.5. The van der Waals surface area contributed by atoms with Crippen molar-refractivity contribution < 1.29 is 33.5 Å². The molecule has 220 valence electrons. The van der Waals surface area contributed by atoms with Gasteiger partial charge in [-0.25, -0.2) is 0 Å². The molecule has 1 heterocycles.